The first-order valence-electron chi connectivity index (χ1n) is 7.98. The average Bonchev–Trinajstić information content (AvgIpc) is 2.54. The highest BCUT2D eigenvalue weighted by atomic mass is 32.2. The quantitative estimate of drug-likeness (QED) is 0.676. The minimum absolute atomic E-state index is 0.0661. The van der Waals surface area contributed by atoms with Crippen LogP contribution in [-0.4, -0.2) is 36.5 Å². The summed E-state index contributed by atoms with van der Waals surface area (Å²) in [5, 5.41) is 0. The smallest absolute Gasteiger partial charge is 0.240 e. The lowest BCUT2D eigenvalue weighted by atomic mass is 9.85. The van der Waals surface area contributed by atoms with Gasteiger partial charge in [0.15, 0.2) is 0 Å². The van der Waals surface area contributed by atoms with E-state index in [9.17, 15) is 16.8 Å². The van der Waals surface area contributed by atoms with Crippen LogP contribution in [0.5, 0.6) is 0 Å². The van der Waals surface area contributed by atoms with Crippen LogP contribution in [0.3, 0.4) is 0 Å². The molecule has 0 aliphatic heterocycles. The van der Waals surface area contributed by atoms with Crippen LogP contribution < -0.4 is 15.2 Å². The van der Waals surface area contributed by atoms with Gasteiger partial charge in [-0.15, -0.1) is 0 Å². The Morgan fingerprint density at radius 1 is 1.12 bits per heavy atom. The predicted octanol–water partition coefficient (Wildman–Crippen LogP) is 0.699. The maximum Gasteiger partial charge on any atom is 0.240 e. The molecule has 1 saturated carbocycles. The summed E-state index contributed by atoms with van der Waals surface area (Å²) < 4.78 is 54.0. The van der Waals surface area contributed by atoms with E-state index in [4.69, 9.17) is 5.73 Å². The van der Waals surface area contributed by atoms with Crippen molar-refractivity contribution in [1.82, 2.24) is 9.44 Å². The monoisotopic (exact) mass is 375 g/mol. The molecule has 1 aromatic rings. The molecule has 7 nitrogen and oxygen atoms in total. The largest absolute Gasteiger partial charge is 0.330 e. The molecule has 0 radical (unpaired) electrons. The van der Waals surface area contributed by atoms with Gasteiger partial charge in [0.2, 0.25) is 20.0 Å². The highest BCUT2D eigenvalue weighted by molar-refractivity contribution is 7.90. The SMILES string of the molecule is CNS(=O)(=O)c1ccc(S(=O)(=O)NC2CCCCC2CN)cc1C. The number of sulfonamides is 2. The molecule has 2 atom stereocenters. The normalized spacial score (nSPS) is 22.5. The van der Waals surface area contributed by atoms with Crippen molar-refractivity contribution in [2.45, 2.75) is 48.4 Å². The van der Waals surface area contributed by atoms with Crippen molar-refractivity contribution in [1.29, 1.82) is 0 Å². The number of aryl methyl sites for hydroxylation is 1. The molecular weight excluding hydrogens is 350 g/mol. The van der Waals surface area contributed by atoms with Gasteiger partial charge < -0.3 is 5.73 Å². The Balaban J connectivity index is 2.28. The van der Waals surface area contributed by atoms with Gasteiger partial charge in [0.05, 0.1) is 9.79 Å². The molecule has 0 saturated heterocycles. The summed E-state index contributed by atoms with van der Waals surface area (Å²) in [4.78, 5) is 0.137. The van der Waals surface area contributed by atoms with Crippen LogP contribution in [0.15, 0.2) is 28.0 Å². The minimum Gasteiger partial charge on any atom is -0.330 e. The van der Waals surface area contributed by atoms with Crippen molar-refractivity contribution >= 4 is 20.0 Å². The second-order valence-electron chi connectivity index (χ2n) is 6.14. The van der Waals surface area contributed by atoms with Gasteiger partial charge in [-0.25, -0.2) is 26.3 Å². The fourth-order valence-corrected chi connectivity index (χ4v) is 5.49. The van der Waals surface area contributed by atoms with E-state index in [1.807, 2.05) is 0 Å². The molecule has 0 heterocycles. The third-order valence-electron chi connectivity index (χ3n) is 4.53. The molecule has 1 aliphatic carbocycles. The molecule has 4 N–H and O–H groups in total. The van der Waals surface area contributed by atoms with Gasteiger partial charge in [0.1, 0.15) is 0 Å². The van der Waals surface area contributed by atoms with Gasteiger partial charge in [0.25, 0.3) is 0 Å². The van der Waals surface area contributed by atoms with Crippen molar-refractivity contribution in [3.05, 3.63) is 23.8 Å². The molecule has 1 fully saturated rings. The molecule has 0 aromatic heterocycles. The average molecular weight is 376 g/mol. The Hall–Kier alpha value is -1.00. The van der Waals surface area contributed by atoms with Gasteiger partial charge in [-0.1, -0.05) is 12.8 Å². The fourth-order valence-electron chi connectivity index (χ4n) is 3.11. The number of hydrogen-bond donors (Lipinski definition) is 3. The molecule has 0 bridgehead atoms. The van der Waals surface area contributed by atoms with E-state index >= 15 is 0 Å². The van der Waals surface area contributed by atoms with Crippen molar-refractivity contribution in [2.24, 2.45) is 11.7 Å². The summed E-state index contributed by atoms with van der Waals surface area (Å²) in [5.74, 6) is 0.138. The molecular formula is C15H25N3O4S2. The second kappa shape index (κ2) is 7.49. The number of rotatable bonds is 6. The predicted molar refractivity (Wildman–Crippen MR) is 92.5 cm³/mol. The number of nitrogens with one attached hydrogen (secondary N) is 2. The lowest BCUT2D eigenvalue weighted by molar-refractivity contribution is 0.296. The molecule has 2 rings (SSSR count). The van der Waals surface area contributed by atoms with E-state index in [-0.39, 0.29) is 21.8 Å². The van der Waals surface area contributed by atoms with Crippen LogP contribution >= 0.6 is 0 Å². The number of hydrogen-bond acceptors (Lipinski definition) is 5. The zero-order valence-corrected chi connectivity index (χ0v) is 15.6. The van der Waals surface area contributed by atoms with E-state index < -0.39 is 20.0 Å². The van der Waals surface area contributed by atoms with Gasteiger partial charge in [-0.2, -0.15) is 0 Å². The van der Waals surface area contributed by atoms with E-state index in [1.54, 1.807) is 6.92 Å². The van der Waals surface area contributed by atoms with Crippen molar-refractivity contribution in [2.75, 3.05) is 13.6 Å². The lowest BCUT2D eigenvalue weighted by Gasteiger charge is -2.31. The Labute approximate surface area is 144 Å². The zero-order valence-electron chi connectivity index (χ0n) is 13.9. The lowest BCUT2D eigenvalue weighted by Crippen LogP contribution is -2.44. The van der Waals surface area contributed by atoms with Crippen LogP contribution in [0.2, 0.25) is 0 Å². The maximum atomic E-state index is 12.6. The second-order valence-corrected chi connectivity index (χ2v) is 9.71. The Bertz CT molecular complexity index is 791. The fraction of sp³-hybridized carbons (Fsp3) is 0.600. The third-order valence-corrected chi connectivity index (χ3v) is 7.60. The van der Waals surface area contributed by atoms with Crippen molar-refractivity contribution in [3.8, 4) is 0 Å². The summed E-state index contributed by atoms with van der Waals surface area (Å²) in [5.41, 5.74) is 6.13. The van der Waals surface area contributed by atoms with E-state index in [0.29, 0.717) is 12.1 Å². The Morgan fingerprint density at radius 2 is 1.79 bits per heavy atom. The molecule has 9 heteroatoms. The first-order valence-corrected chi connectivity index (χ1v) is 10.9. The van der Waals surface area contributed by atoms with Gasteiger partial charge in [-0.3, -0.25) is 0 Å². The summed E-state index contributed by atoms with van der Waals surface area (Å²) in [7, 11) is -6.01. The summed E-state index contributed by atoms with van der Waals surface area (Å²) in [6, 6.07) is 3.85. The van der Waals surface area contributed by atoms with Crippen LogP contribution in [0.1, 0.15) is 31.2 Å². The van der Waals surface area contributed by atoms with Gasteiger partial charge in [-0.05, 0) is 63.0 Å². The maximum absolute atomic E-state index is 12.6. The Kier molecular flexibility index (Phi) is 6.03. The Morgan fingerprint density at radius 3 is 2.38 bits per heavy atom. The highest BCUT2D eigenvalue weighted by Crippen LogP contribution is 2.26. The molecule has 24 heavy (non-hydrogen) atoms. The summed E-state index contributed by atoms with van der Waals surface area (Å²) in [6.45, 7) is 2.03. The number of nitrogens with two attached hydrogens (primary N) is 1. The summed E-state index contributed by atoms with van der Waals surface area (Å²) in [6.07, 6.45) is 3.73. The van der Waals surface area contributed by atoms with E-state index in [1.165, 1.54) is 25.2 Å². The van der Waals surface area contributed by atoms with Crippen molar-refractivity contribution in [3.63, 3.8) is 0 Å². The molecule has 0 spiro atoms. The van der Waals surface area contributed by atoms with E-state index in [0.717, 1.165) is 25.7 Å². The van der Waals surface area contributed by atoms with Crippen molar-refractivity contribution < 1.29 is 16.8 Å². The zero-order chi connectivity index (χ0) is 18.0. The van der Waals surface area contributed by atoms with Gasteiger partial charge in [0, 0.05) is 6.04 Å². The standard InChI is InChI=1S/C15H25N3O4S2/c1-11-9-13(7-8-15(11)24(21,22)17-2)23(19,20)18-14-6-4-3-5-12(14)10-16/h7-9,12,14,17-18H,3-6,10,16H2,1-2H3. The first-order chi connectivity index (χ1) is 11.2. The summed E-state index contributed by atoms with van der Waals surface area (Å²) >= 11 is 0. The molecule has 2 unspecified atom stereocenters. The third kappa shape index (κ3) is 4.15. The highest BCUT2D eigenvalue weighted by Gasteiger charge is 2.29. The molecule has 1 aliphatic rings. The molecule has 136 valence electrons. The van der Waals surface area contributed by atoms with Crippen LogP contribution in [0, 0.1) is 12.8 Å². The molecule has 1 aromatic carbocycles. The topological polar surface area (TPSA) is 118 Å². The molecule has 0 amide bonds. The van der Waals surface area contributed by atoms with E-state index in [2.05, 4.69) is 9.44 Å². The van der Waals surface area contributed by atoms with Crippen LogP contribution in [0.4, 0.5) is 0 Å². The first kappa shape index (κ1) is 19.3. The number of benzene rings is 1. The minimum atomic E-state index is -3.72. The van der Waals surface area contributed by atoms with Crippen LogP contribution in [0.25, 0.3) is 0 Å². The van der Waals surface area contributed by atoms with Gasteiger partial charge >= 0.3 is 0 Å². The van der Waals surface area contributed by atoms with Crippen LogP contribution in [-0.2, 0) is 20.0 Å².